The number of hydrogen-bond acceptors (Lipinski definition) is 7. The smallest absolute Gasteiger partial charge is 0.342 e. The van der Waals surface area contributed by atoms with Crippen molar-refractivity contribution in [1.29, 1.82) is 0 Å². The number of pyridine rings is 1. The highest BCUT2D eigenvalue weighted by Crippen LogP contribution is 2.25. The Balaban J connectivity index is 1.63. The third kappa shape index (κ3) is 5.13. The number of nitro groups is 1. The van der Waals surface area contributed by atoms with Crippen molar-refractivity contribution in [2.24, 2.45) is 0 Å². The zero-order valence-corrected chi connectivity index (χ0v) is 15.3. The number of nitro benzene ring substituents is 1. The van der Waals surface area contributed by atoms with E-state index in [1.54, 1.807) is 36.5 Å². The summed E-state index contributed by atoms with van der Waals surface area (Å²) in [5.74, 6) is -1.97. The number of hydrogen-bond donors (Lipinski definition) is 1. The van der Waals surface area contributed by atoms with Crippen LogP contribution in [0.15, 0.2) is 67.0 Å². The van der Waals surface area contributed by atoms with Crippen LogP contribution in [0.2, 0.25) is 0 Å². The molecule has 9 nitrogen and oxygen atoms in total. The van der Waals surface area contributed by atoms with Crippen LogP contribution in [0.3, 0.4) is 0 Å². The van der Waals surface area contributed by atoms with Gasteiger partial charge in [-0.15, -0.1) is 0 Å². The number of nitrogens with one attached hydrogen (secondary N) is 1. The molecule has 3 rings (SSSR count). The van der Waals surface area contributed by atoms with Crippen molar-refractivity contribution in [1.82, 2.24) is 4.98 Å². The Kier molecular flexibility index (Phi) is 6.28. The van der Waals surface area contributed by atoms with Gasteiger partial charge in [0.05, 0.1) is 11.1 Å². The van der Waals surface area contributed by atoms with Crippen molar-refractivity contribution in [3.63, 3.8) is 0 Å². The van der Waals surface area contributed by atoms with Gasteiger partial charge >= 0.3 is 11.7 Å². The minimum absolute atomic E-state index is 0.00976. The molecule has 10 heteroatoms. The molecule has 0 atom stereocenters. The second-order valence-electron chi connectivity index (χ2n) is 5.83. The number of carbonyl (C=O) groups excluding carboxylic acids is 2. The van der Waals surface area contributed by atoms with E-state index in [-0.39, 0.29) is 17.0 Å². The summed E-state index contributed by atoms with van der Waals surface area (Å²) in [6.45, 7) is -0.661. The van der Waals surface area contributed by atoms with Gasteiger partial charge in [0.2, 0.25) is 5.82 Å². The first-order valence-corrected chi connectivity index (χ1v) is 8.52. The fourth-order valence-electron chi connectivity index (χ4n) is 2.39. The van der Waals surface area contributed by atoms with Crippen LogP contribution in [-0.4, -0.2) is 28.4 Å². The first-order chi connectivity index (χ1) is 14.4. The summed E-state index contributed by atoms with van der Waals surface area (Å²) < 4.78 is 24.0. The first kappa shape index (κ1) is 20.4. The number of nitrogens with zero attached hydrogens (tertiary/aromatic N) is 2. The molecule has 1 amide bonds. The van der Waals surface area contributed by atoms with E-state index in [0.717, 1.165) is 18.2 Å². The normalized spacial score (nSPS) is 10.2. The van der Waals surface area contributed by atoms with Gasteiger partial charge in [-0.3, -0.25) is 19.9 Å². The summed E-state index contributed by atoms with van der Waals surface area (Å²) >= 11 is 0. The number of aromatic nitrogens is 1. The molecule has 0 aliphatic rings. The molecule has 0 aliphatic heterocycles. The number of benzene rings is 2. The van der Waals surface area contributed by atoms with Crippen molar-refractivity contribution in [2.75, 3.05) is 11.9 Å². The van der Waals surface area contributed by atoms with Crippen molar-refractivity contribution in [3.05, 3.63) is 88.5 Å². The zero-order valence-electron chi connectivity index (χ0n) is 15.3. The van der Waals surface area contributed by atoms with E-state index >= 15 is 0 Å². The number of para-hydroxylation sites is 1. The number of halogens is 1. The number of ether oxygens (including phenoxy) is 2. The van der Waals surface area contributed by atoms with Crippen molar-refractivity contribution < 1.29 is 28.4 Å². The average molecular weight is 411 g/mol. The second kappa shape index (κ2) is 9.24. The lowest BCUT2D eigenvalue weighted by atomic mass is 10.2. The van der Waals surface area contributed by atoms with E-state index in [9.17, 15) is 24.1 Å². The van der Waals surface area contributed by atoms with Gasteiger partial charge in [0.1, 0.15) is 17.1 Å². The molecule has 1 heterocycles. The van der Waals surface area contributed by atoms with Crippen LogP contribution >= 0.6 is 0 Å². The van der Waals surface area contributed by atoms with Crippen LogP contribution in [0.4, 0.5) is 15.8 Å². The molecule has 0 saturated carbocycles. The number of amides is 1. The minimum atomic E-state index is -1.03. The fraction of sp³-hybridized carbons (Fsp3) is 0.0500. The monoisotopic (exact) mass is 411 g/mol. The van der Waals surface area contributed by atoms with Gasteiger partial charge in [-0.25, -0.2) is 4.79 Å². The molecule has 30 heavy (non-hydrogen) atoms. The molecular weight excluding hydrogens is 397 g/mol. The highest BCUT2D eigenvalue weighted by Gasteiger charge is 2.18. The standard InChI is InChI=1S/C20H14FN3O6/c21-16-8-7-13(10-17(16)24(27)28)23-19(25)12-29-20(26)15-5-1-2-6-18(15)30-14-4-3-9-22-11-14/h1-11H,12H2,(H,23,25). The molecule has 0 fully saturated rings. The summed E-state index contributed by atoms with van der Waals surface area (Å²) in [7, 11) is 0. The van der Waals surface area contributed by atoms with Gasteiger partial charge in [-0.1, -0.05) is 12.1 Å². The lowest BCUT2D eigenvalue weighted by Gasteiger charge is -2.11. The molecule has 0 radical (unpaired) electrons. The molecule has 0 spiro atoms. The van der Waals surface area contributed by atoms with Crippen LogP contribution in [0.5, 0.6) is 11.5 Å². The largest absolute Gasteiger partial charge is 0.455 e. The number of carbonyl (C=O) groups is 2. The fourth-order valence-corrected chi connectivity index (χ4v) is 2.39. The molecule has 3 aromatic rings. The molecule has 152 valence electrons. The summed E-state index contributed by atoms with van der Waals surface area (Å²) in [5, 5.41) is 13.1. The zero-order chi connectivity index (χ0) is 21.5. The Hall–Kier alpha value is -4.34. The van der Waals surface area contributed by atoms with Gasteiger partial charge in [0.25, 0.3) is 5.91 Å². The van der Waals surface area contributed by atoms with Crippen molar-refractivity contribution in [3.8, 4) is 11.5 Å². The van der Waals surface area contributed by atoms with Crippen molar-refractivity contribution in [2.45, 2.75) is 0 Å². The van der Waals surface area contributed by atoms with E-state index in [2.05, 4.69) is 10.3 Å². The highest BCUT2D eigenvalue weighted by molar-refractivity contribution is 5.97. The Morgan fingerprint density at radius 3 is 2.67 bits per heavy atom. The summed E-state index contributed by atoms with van der Waals surface area (Å²) in [5.41, 5.74) is -0.706. The summed E-state index contributed by atoms with van der Waals surface area (Å²) in [4.78, 5) is 38.1. The van der Waals surface area contributed by atoms with E-state index < -0.39 is 34.9 Å². The van der Waals surface area contributed by atoms with Gasteiger partial charge in [0.15, 0.2) is 6.61 Å². The number of esters is 1. The molecule has 1 N–H and O–H groups in total. The third-order valence-corrected chi connectivity index (χ3v) is 3.73. The van der Waals surface area contributed by atoms with E-state index in [0.29, 0.717) is 5.75 Å². The van der Waals surface area contributed by atoms with Crippen LogP contribution < -0.4 is 10.1 Å². The van der Waals surface area contributed by atoms with Gasteiger partial charge in [-0.2, -0.15) is 4.39 Å². The van der Waals surface area contributed by atoms with Crippen LogP contribution in [-0.2, 0) is 9.53 Å². The molecular formula is C20H14FN3O6. The van der Waals surface area contributed by atoms with Gasteiger partial charge < -0.3 is 14.8 Å². The predicted molar refractivity (Wildman–Crippen MR) is 103 cm³/mol. The molecule has 1 aromatic heterocycles. The molecule has 0 unspecified atom stereocenters. The number of rotatable bonds is 7. The molecule has 2 aromatic carbocycles. The third-order valence-electron chi connectivity index (χ3n) is 3.73. The topological polar surface area (TPSA) is 121 Å². The van der Waals surface area contributed by atoms with Crippen molar-refractivity contribution >= 4 is 23.3 Å². The van der Waals surface area contributed by atoms with E-state index in [1.807, 2.05) is 0 Å². The maximum Gasteiger partial charge on any atom is 0.342 e. The maximum absolute atomic E-state index is 13.4. The quantitative estimate of drug-likeness (QED) is 0.357. The predicted octanol–water partition coefficient (Wildman–Crippen LogP) is 3.72. The lowest BCUT2D eigenvalue weighted by Crippen LogP contribution is -2.21. The molecule has 0 bridgehead atoms. The first-order valence-electron chi connectivity index (χ1n) is 8.52. The molecule has 0 aliphatic carbocycles. The van der Waals surface area contributed by atoms with Gasteiger partial charge in [-0.05, 0) is 36.4 Å². The maximum atomic E-state index is 13.4. The van der Waals surface area contributed by atoms with Gasteiger partial charge in [0, 0.05) is 18.0 Å². The van der Waals surface area contributed by atoms with Crippen LogP contribution in [0, 0.1) is 15.9 Å². The Bertz CT molecular complexity index is 1090. The minimum Gasteiger partial charge on any atom is -0.455 e. The highest BCUT2D eigenvalue weighted by atomic mass is 19.1. The van der Waals surface area contributed by atoms with Crippen LogP contribution in [0.1, 0.15) is 10.4 Å². The summed E-state index contributed by atoms with van der Waals surface area (Å²) in [6.07, 6.45) is 3.04. The Morgan fingerprint density at radius 2 is 1.93 bits per heavy atom. The lowest BCUT2D eigenvalue weighted by molar-refractivity contribution is -0.387. The van der Waals surface area contributed by atoms with E-state index in [1.165, 1.54) is 12.3 Å². The SMILES string of the molecule is O=C(COC(=O)c1ccccc1Oc1cccnc1)Nc1ccc(F)c([N+](=O)[O-])c1. The Morgan fingerprint density at radius 1 is 1.13 bits per heavy atom. The average Bonchev–Trinajstić information content (AvgIpc) is 2.74. The number of anilines is 1. The summed E-state index contributed by atoms with van der Waals surface area (Å²) in [6, 6.07) is 12.5. The molecule has 0 saturated heterocycles. The van der Waals surface area contributed by atoms with Crippen LogP contribution in [0.25, 0.3) is 0 Å². The van der Waals surface area contributed by atoms with E-state index in [4.69, 9.17) is 9.47 Å². The Labute approximate surface area is 169 Å². The second-order valence-corrected chi connectivity index (χ2v) is 5.83.